The number of anilines is 1. The maximum absolute atomic E-state index is 12.5. The van der Waals surface area contributed by atoms with Crippen LogP contribution in [0.1, 0.15) is 36.2 Å². The second kappa shape index (κ2) is 11.6. The zero-order chi connectivity index (χ0) is 22.9. The van der Waals surface area contributed by atoms with E-state index in [1.807, 2.05) is 19.9 Å². The Bertz CT molecular complexity index is 1010. The minimum Gasteiger partial charge on any atom is -0.383 e. The molecule has 0 heterocycles. The number of rotatable bonds is 11. The zero-order valence-corrected chi connectivity index (χ0v) is 18.8. The van der Waals surface area contributed by atoms with Crippen LogP contribution >= 0.6 is 0 Å². The molecule has 0 aliphatic rings. The van der Waals surface area contributed by atoms with E-state index in [2.05, 4.69) is 15.4 Å². The van der Waals surface area contributed by atoms with Crippen molar-refractivity contribution in [3.63, 3.8) is 0 Å². The molecule has 0 radical (unpaired) electrons. The molecular formula is C22H29N3O5S. The first kappa shape index (κ1) is 24.5. The number of amides is 2. The molecule has 0 aliphatic heterocycles. The topological polar surface area (TPSA) is 114 Å². The summed E-state index contributed by atoms with van der Waals surface area (Å²) < 4.78 is 31.9. The summed E-state index contributed by atoms with van der Waals surface area (Å²) in [5.74, 6) is -0.200. The summed E-state index contributed by atoms with van der Waals surface area (Å²) in [6, 6.07) is 13.0. The molecule has 8 nitrogen and oxygen atoms in total. The van der Waals surface area contributed by atoms with Gasteiger partial charge in [0, 0.05) is 37.9 Å². The molecule has 0 bridgehead atoms. The zero-order valence-electron chi connectivity index (χ0n) is 18.0. The Morgan fingerprint density at radius 1 is 1.06 bits per heavy atom. The minimum absolute atomic E-state index is 0.00566. The molecule has 2 amide bonds. The van der Waals surface area contributed by atoms with Crippen molar-refractivity contribution in [2.24, 2.45) is 5.92 Å². The van der Waals surface area contributed by atoms with Crippen molar-refractivity contribution in [1.29, 1.82) is 0 Å². The lowest BCUT2D eigenvalue weighted by molar-refractivity contribution is -0.116. The van der Waals surface area contributed by atoms with Crippen LogP contribution in [0.2, 0.25) is 0 Å². The van der Waals surface area contributed by atoms with Crippen molar-refractivity contribution in [3.05, 3.63) is 59.7 Å². The van der Waals surface area contributed by atoms with E-state index in [4.69, 9.17) is 4.74 Å². The Balaban J connectivity index is 2.00. The first-order chi connectivity index (χ1) is 14.7. The number of carbonyl (C=O) groups is 2. The molecular weight excluding hydrogens is 418 g/mol. The molecule has 0 atom stereocenters. The smallest absolute Gasteiger partial charge is 0.251 e. The summed E-state index contributed by atoms with van der Waals surface area (Å²) >= 11 is 0. The van der Waals surface area contributed by atoms with Gasteiger partial charge in [0.15, 0.2) is 0 Å². The van der Waals surface area contributed by atoms with E-state index in [1.165, 1.54) is 25.3 Å². The van der Waals surface area contributed by atoms with Crippen molar-refractivity contribution in [1.82, 2.24) is 10.0 Å². The molecule has 3 N–H and O–H groups in total. The van der Waals surface area contributed by atoms with E-state index in [-0.39, 0.29) is 42.0 Å². The van der Waals surface area contributed by atoms with E-state index in [0.717, 1.165) is 5.56 Å². The number of benzene rings is 2. The first-order valence-corrected chi connectivity index (χ1v) is 11.4. The van der Waals surface area contributed by atoms with Gasteiger partial charge < -0.3 is 15.4 Å². The van der Waals surface area contributed by atoms with Crippen molar-refractivity contribution < 1.29 is 22.7 Å². The average Bonchev–Trinajstić information content (AvgIpc) is 2.72. The third kappa shape index (κ3) is 8.12. The molecule has 0 saturated heterocycles. The number of hydrogen-bond acceptors (Lipinski definition) is 5. The molecule has 168 valence electrons. The maximum Gasteiger partial charge on any atom is 0.251 e. The third-order valence-electron chi connectivity index (χ3n) is 4.26. The standard InChI is InChI=1S/C22H29N3O5S/c1-16(2)12-21(26)25-19-8-4-6-17(13-19)15-23-22(27)18-7-5-9-20(14-18)31(28,29)24-10-11-30-3/h4-9,13-14,16,24H,10-12,15H2,1-3H3,(H,23,27)(H,25,26). The number of ether oxygens (including phenoxy) is 1. The molecule has 2 aromatic rings. The summed E-state index contributed by atoms with van der Waals surface area (Å²) in [6.45, 7) is 4.56. The molecule has 31 heavy (non-hydrogen) atoms. The summed E-state index contributed by atoms with van der Waals surface area (Å²) in [7, 11) is -2.25. The fourth-order valence-corrected chi connectivity index (χ4v) is 3.85. The van der Waals surface area contributed by atoms with Gasteiger partial charge in [0.05, 0.1) is 11.5 Å². The maximum atomic E-state index is 12.5. The highest BCUT2D eigenvalue weighted by molar-refractivity contribution is 7.89. The van der Waals surface area contributed by atoms with Crippen LogP contribution < -0.4 is 15.4 Å². The van der Waals surface area contributed by atoms with Gasteiger partial charge in [0.25, 0.3) is 5.91 Å². The van der Waals surface area contributed by atoms with E-state index in [0.29, 0.717) is 12.1 Å². The summed E-state index contributed by atoms with van der Waals surface area (Å²) in [4.78, 5) is 24.5. The number of nitrogens with one attached hydrogen (secondary N) is 3. The van der Waals surface area contributed by atoms with E-state index in [1.54, 1.807) is 24.3 Å². The minimum atomic E-state index is -3.73. The van der Waals surface area contributed by atoms with Crippen molar-refractivity contribution in [2.75, 3.05) is 25.6 Å². The second-order valence-electron chi connectivity index (χ2n) is 7.45. The van der Waals surface area contributed by atoms with Crippen LogP contribution in [0.15, 0.2) is 53.4 Å². The highest BCUT2D eigenvalue weighted by Crippen LogP contribution is 2.14. The highest BCUT2D eigenvalue weighted by Gasteiger charge is 2.16. The number of carbonyl (C=O) groups excluding carboxylic acids is 2. The molecule has 0 fully saturated rings. The molecule has 2 rings (SSSR count). The van der Waals surface area contributed by atoms with Crippen LogP contribution in [0.5, 0.6) is 0 Å². The van der Waals surface area contributed by atoms with Crippen molar-refractivity contribution >= 4 is 27.5 Å². The van der Waals surface area contributed by atoms with Crippen molar-refractivity contribution in [3.8, 4) is 0 Å². The quantitative estimate of drug-likeness (QED) is 0.458. The molecule has 0 spiro atoms. The lowest BCUT2D eigenvalue weighted by Crippen LogP contribution is -2.28. The van der Waals surface area contributed by atoms with Gasteiger partial charge in [-0.2, -0.15) is 0 Å². The normalized spacial score (nSPS) is 11.4. The van der Waals surface area contributed by atoms with Crippen LogP contribution in [-0.2, 0) is 26.1 Å². The molecule has 0 aromatic heterocycles. The SMILES string of the molecule is COCCNS(=O)(=O)c1cccc(C(=O)NCc2cccc(NC(=O)CC(C)C)c2)c1. The summed E-state index contributed by atoms with van der Waals surface area (Å²) in [6.07, 6.45) is 0.431. The number of hydrogen-bond donors (Lipinski definition) is 3. The van der Waals surface area contributed by atoms with Crippen molar-refractivity contribution in [2.45, 2.75) is 31.7 Å². The lowest BCUT2D eigenvalue weighted by Gasteiger charge is -2.11. The van der Waals surface area contributed by atoms with Crippen LogP contribution in [0, 0.1) is 5.92 Å². The Morgan fingerprint density at radius 3 is 2.52 bits per heavy atom. The van der Waals surface area contributed by atoms with Gasteiger partial charge in [-0.3, -0.25) is 9.59 Å². The van der Waals surface area contributed by atoms with Gasteiger partial charge >= 0.3 is 0 Å². The van der Waals surface area contributed by atoms with Gasteiger partial charge in [0.1, 0.15) is 0 Å². The lowest BCUT2D eigenvalue weighted by atomic mass is 10.1. The predicted molar refractivity (Wildman–Crippen MR) is 119 cm³/mol. The molecule has 0 saturated carbocycles. The molecule has 9 heteroatoms. The summed E-state index contributed by atoms with van der Waals surface area (Å²) in [5, 5.41) is 5.62. The second-order valence-corrected chi connectivity index (χ2v) is 9.21. The Hall–Kier alpha value is -2.75. The Labute approximate surface area is 183 Å². The molecule has 0 aliphatic carbocycles. The largest absolute Gasteiger partial charge is 0.383 e. The fraction of sp³-hybridized carbons (Fsp3) is 0.364. The number of methoxy groups -OCH3 is 1. The van der Waals surface area contributed by atoms with Gasteiger partial charge in [-0.1, -0.05) is 32.0 Å². The van der Waals surface area contributed by atoms with E-state index >= 15 is 0 Å². The Morgan fingerprint density at radius 2 is 1.81 bits per heavy atom. The Kier molecular flexibility index (Phi) is 9.17. The number of sulfonamides is 1. The van der Waals surface area contributed by atoms with Gasteiger partial charge in [-0.15, -0.1) is 0 Å². The van der Waals surface area contributed by atoms with Crippen LogP contribution in [0.25, 0.3) is 0 Å². The predicted octanol–water partition coefficient (Wildman–Crippen LogP) is 2.53. The van der Waals surface area contributed by atoms with Gasteiger partial charge in [-0.25, -0.2) is 13.1 Å². The summed E-state index contributed by atoms with van der Waals surface area (Å²) in [5.41, 5.74) is 1.70. The van der Waals surface area contributed by atoms with Crippen LogP contribution in [0.4, 0.5) is 5.69 Å². The average molecular weight is 448 g/mol. The molecule has 0 unspecified atom stereocenters. The highest BCUT2D eigenvalue weighted by atomic mass is 32.2. The van der Waals surface area contributed by atoms with Gasteiger partial charge in [0.2, 0.25) is 15.9 Å². The van der Waals surface area contributed by atoms with E-state index < -0.39 is 15.9 Å². The molecule has 2 aromatic carbocycles. The third-order valence-corrected chi connectivity index (χ3v) is 5.72. The van der Waals surface area contributed by atoms with E-state index in [9.17, 15) is 18.0 Å². The van der Waals surface area contributed by atoms with Crippen LogP contribution in [-0.4, -0.2) is 40.5 Å². The van der Waals surface area contributed by atoms with Gasteiger partial charge in [-0.05, 0) is 41.8 Å². The monoisotopic (exact) mass is 447 g/mol. The fourth-order valence-electron chi connectivity index (χ4n) is 2.79. The first-order valence-electron chi connectivity index (χ1n) is 9.97. The van der Waals surface area contributed by atoms with Crippen LogP contribution in [0.3, 0.4) is 0 Å².